The van der Waals surface area contributed by atoms with Crippen molar-refractivity contribution in [3.8, 4) is 0 Å². The molecule has 0 unspecified atom stereocenters. The van der Waals surface area contributed by atoms with Crippen LogP contribution in [0.25, 0.3) is 4.96 Å². The number of aromatic nitrogens is 2. The van der Waals surface area contributed by atoms with E-state index in [1.165, 1.54) is 16.8 Å². The lowest BCUT2D eigenvalue weighted by Crippen LogP contribution is -2.18. The Morgan fingerprint density at radius 1 is 1.20 bits per heavy atom. The van der Waals surface area contributed by atoms with Crippen LogP contribution in [-0.4, -0.2) is 15.9 Å². The van der Waals surface area contributed by atoms with Crippen LogP contribution in [0.2, 0.25) is 0 Å². The van der Waals surface area contributed by atoms with E-state index in [0.29, 0.717) is 6.54 Å². The Kier molecular flexibility index (Phi) is 2.75. The van der Waals surface area contributed by atoms with Crippen molar-refractivity contribution < 1.29 is 0 Å². The zero-order valence-corrected chi connectivity index (χ0v) is 11.9. The summed E-state index contributed by atoms with van der Waals surface area (Å²) in [6, 6.07) is 8.62. The SMILES string of the molecule is NCCc1c(N2Cc3ccccc3C2)nc2sccn12. The summed E-state index contributed by atoms with van der Waals surface area (Å²) in [4.78, 5) is 8.22. The molecule has 1 aromatic carbocycles. The van der Waals surface area contributed by atoms with Gasteiger partial charge >= 0.3 is 0 Å². The molecule has 0 bridgehead atoms. The van der Waals surface area contributed by atoms with Crippen molar-refractivity contribution in [2.24, 2.45) is 5.73 Å². The fraction of sp³-hybridized carbons (Fsp3) is 0.267. The van der Waals surface area contributed by atoms with Gasteiger partial charge in [-0.1, -0.05) is 24.3 Å². The normalized spacial score (nSPS) is 14.2. The Balaban J connectivity index is 1.76. The molecule has 4 rings (SSSR count). The highest BCUT2D eigenvalue weighted by atomic mass is 32.1. The van der Waals surface area contributed by atoms with Crippen LogP contribution >= 0.6 is 11.3 Å². The smallest absolute Gasteiger partial charge is 0.195 e. The lowest BCUT2D eigenvalue weighted by molar-refractivity contribution is 0.831. The van der Waals surface area contributed by atoms with E-state index in [1.54, 1.807) is 11.3 Å². The van der Waals surface area contributed by atoms with E-state index in [9.17, 15) is 0 Å². The van der Waals surface area contributed by atoms with Gasteiger partial charge in [0.2, 0.25) is 0 Å². The molecule has 1 aliphatic heterocycles. The molecule has 1 aliphatic rings. The standard InChI is InChI=1S/C15H16N4S/c16-6-5-13-14(17-15-19(13)7-8-20-15)18-9-11-3-1-2-4-12(11)10-18/h1-4,7-8H,5-6,9-10,16H2. The summed E-state index contributed by atoms with van der Waals surface area (Å²) < 4.78 is 2.18. The summed E-state index contributed by atoms with van der Waals surface area (Å²) in [5, 5.41) is 2.07. The minimum absolute atomic E-state index is 0.650. The molecule has 0 fully saturated rings. The van der Waals surface area contributed by atoms with Crippen molar-refractivity contribution in [1.29, 1.82) is 0 Å². The molecule has 5 heteroatoms. The third-order valence-corrected chi connectivity index (χ3v) is 4.62. The molecule has 0 radical (unpaired) electrons. The number of hydrogen-bond acceptors (Lipinski definition) is 4. The molecule has 0 saturated carbocycles. The zero-order chi connectivity index (χ0) is 13.5. The largest absolute Gasteiger partial charge is 0.346 e. The Morgan fingerprint density at radius 3 is 2.65 bits per heavy atom. The number of hydrogen-bond donors (Lipinski definition) is 1. The summed E-state index contributed by atoms with van der Waals surface area (Å²) in [5.41, 5.74) is 9.82. The lowest BCUT2D eigenvalue weighted by atomic mass is 10.1. The number of imidazole rings is 1. The molecule has 2 aromatic heterocycles. The van der Waals surface area contributed by atoms with Crippen molar-refractivity contribution in [2.45, 2.75) is 19.5 Å². The summed E-state index contributed by atoms with van der Waals surface area (Å²) in [7, 11) is 0. The molecule has 0 amide bonds. The first kappa shape index (κ1) is 11.9. The first-order chi connectivity index (χ1) is 9.86. The van der Waals surface area contributed by atoms with Crippen molar-refractivity contribution in [3.05, 3.63) is 52.7 Å². The van der Waals surface area contributed by atoms with Crippen LogP contribution in [0.4, 0.5) is 5.82 Å². The van der Waals surface area contributed by atoms with Gasteiger partial charge in [0.1, 0.15) is 0 Å². The molecule has 4 nitrogen and oxygen atoms in total. The number of fused-ring (bicyclic) bond motifs is 2. The minimum atomic E-state index is 0.650. The summed E-state index contributed by atoms with van der Waals surface area (Å²) in [6.07, 6.45) is 2.95. The van der Waals surface area contributed by atoms with Gasteiger partial charge in [0, 0.05) is 31.1 Å². The van der Waals surface area contributed by atoms with Crippen LogP contribution in [0, 0.1) is 0 Å². The Bertz CT molecular complexity index is 733. The first-order valence-electron chi connectivity index (χ1n) is 6.83. The van der Waals surface area contributed by atoms with Gasteiger partial charge in [-0.2, -0.15) is 0 Å². The summed E-state index contributed by atoms with van der Waals surface area (Å²) in [6.45, 7) is 2.54. The number of thiazole rings is 1. The molecule has 2 N–H and O–H groups in total. The van der Waals surface area contributed by atoms with E-state index in [1.807, 2.05) is 0 Å². The molecule has 102 valence electrons. The summed E-state index contributed by atoms with van der Waals surface area (Å²) >= 11 is 1.68. The van der Waals surface area contributed by atoms with Crippen LogP contribution in [0.3, 0.4) is 0 Å². The maximum Gasteiger partial charge on any atom is 0.195 e. The average Bonchev–Trinajstić information content (AvgIpc) is 3.13. The minimum Gasteiger partial charge on any atom is -0.346 e. The molecule has 3 aromatic rings. The third-order valence-electron chi connectivity index (χ3n) is 3.86. The highest BCUT2D eigenvalue weighted by molar-refractivity contribution is 7.15. The lowest BCUT2D eigenvalue weighted by Gasteiger charge is -2.16. The van der Waals surface area contributed by atoms with Crippen molar-refractivity contribution in [3.63, 3.8) is 0 Å². The van der Waals surface area contributed by atoms with Crippen molar-refractivity contribution >= 4 is 22.1 Å². The monoisotopic (exact) mass is 284 g/mol. The van der Waals surface area contributed by atoms with Gasteiger partial charge in [-0.05, 0) is 17.7 Å². The maximum atomic E-state index is 5.78. The molecule has 0 aliphatic carbocycles. The highest BCUT2D eigenvalue weighted by Crippen LogP contribution is 2.31. The zero-order valence-electron chi connectivity index (χ0n) is 11.1. The molecule has 20 heavy (non-hydrogen) atoms. The van der Waals surface area contributed by atoms with E-state index in [2.05, 4.69) is 45.1 Å². The van der Waals surface area contributed by atoms with E-state index in [4.69, 9.17) is 10.7 Å². The van der Waals surface area contributed by atoms with Gasteiger partial charge < -0.3 is 10.6 Å². The number of nitrogens with zero attached hydrogens (tertiary/aromatic N) is 3. The Labute approximate surface area is 121 Å². The summed E-state index contributed by atoms with van der Waals surface area (Å²) in [5.74, 6) is 1.10. The van der Waals surface area contributed by atoms with Crippen LogP contribution in [-0.2, 0) is 19.5 Å². The first-order valence-corrected chi connectivity index (χ1v) is 7.71. The molecule has 3 heterocycles. The number of nitrogens with two attached hydrogens (primary N) is 1. The quantitative estimate of drug-likeness (QED) is 0.803. The molecule has 0 spiro atoms. The van der Waals surface area contributed by atoms with Crippen LogP contribution in [0.1, 0.15) is 16.8 Å². The van der Waals surface area contributed by atoms with Crippen LogP contribution in [0.15, 0.2) is 35.8 Å². The number of anilines is 1. The van der Waals surface area contributed by atoms with Gasteiger partial charge in [-0.3, -0.25) is 4.40 Å². The molecular weight excluding hydrogens is 268 g/mol. The predicted molar refractivity (Wildman–Crippen MR) is 82.2 cm³/mol. The van der Waals surface area contributed by atoms with E-state index < -0.39 is 0 Å². The Morgan fingerprint density at radius 2 is 1.95 bits per heavy atom. The molecule has 0 atom stereocenters. The van der Waals surface area contributed by atoms with E-state index in [0.717, 1.165) is 30.3 Å². The van der Waals surface area contributed by atoms with Gasteiger partial charge in [0.15, 0.2) is 10.8 Å². The van der Waals surface area contributed by atoms with Gasteiger partial charge in [0.05, 0.1) is 5.69 Å². The second kappa shape index (κ2) is 4.61. The molecule has 0 saturated heterocycles. The maximum absolute atomic E-state index is 5.78. The number of rotatable bonds is 3. The van der Waals surface area contributed by atoms with E-state index >= 15 is 0 Å². The topological polar surface area (TPSA) is 46.6 Å². The average molecular weight is 284 g/mol. The van der Waals surface area contributed by atoms with Crippen molar-refractivity contribution in [1.82, 2.24) is 9.38 Å². The van der Waals surface area contributed by atoms with E-state index in [-0.39, 0.29) is 0 Å². The Hall–Kier alpha value is -1.85. The van der Waals surface area contributed by atoms with Crippen molar-refractivity contribution in [2.75, 3.05) is 11.4 Å². The third kappa shape index (κ3) is 1.74. The second-order valence-electron chi connectivity index (χ2n) is 5.10. The van der Waals surface area contributed by atoms with Gasteiger partial charge in [-0.25, -0.2) is 4.98 Å². The fourth-order valence-electron chi connectivity index (χ4n) is 2.93. The van der Waals surface area contributed by atoms with Gasteiger partial charge in [-0.15, -0.1) is 11.3 Å². The number of benzene rings is 1. The predicted octanol–water partition coefficient (Wildman–Crippen LogP) is 2.42. The second-order valence-corrected chi connectivity index (χ2v) is 5.97. The fourth-order valence-corrected chi connectivity index (χ4v) is 3.65. The van der Waals surface area contributed by atoms with Crippen LogP contribution < -0.4 is 10.6 Å². The van der Waals surface area contributed by atoms with Gasteiger partial charge in [0.25, 0.3) is 0 Å². The van der Waals surface area contributed by atoms with Crippen LogP contribution in [0.5, 0.6) is 0 Å². The molecular formula is C15H16N4S. The highest BCUT2D eigenvalue weighted by Gasteiger charge is 2.24.